The van der Waals surface area contributed by atoms with Gasteiger partial charge in [-0.3, -0.25) is 9.59 Å². The monoisotopic (exact) mass is 444 g/mol. The minimum absolute atomic E-state index is 0.0360. The van der Waals surface area contributed by atoms with Crippen molar-refractivity contribution >= 4 is 32.9 Å². The number of aryl methyl sites for hydroxylation is 2. The van der Waals surface area contributed by atoms with Gasteiger partial charge < -0.3 is 15.0 Å². The highest BCUT2D eigenvalue weighted by Crippen LogP contribution is 2.22. The molecule has 9 nitrogen and oxygen atoms in total. The van der Waals surface area contributed by atoms with E-state index in [2.05, 4.69) is 4.98 Å². The number of carbonyl (C=O) groups is 2. The van der Waals surface area contributed by atoms with Gasteiger partial charge in [-0.1, -0.05) is 12.1 Å². The molecule has 0 fully saturated rings. The molecule has 1 amide bonds. The van der Waals surface area contributed by atoms with E-state index in [1.54, 1.807) is 30.3 Å². The lowest BCUT2D eigenvalue weighted by atomic mass is 10.1. The standard InChI is InChI=1S/C21H24N4O5S/c1-24(2)31(28,29)16-7-8-18-17(12-16)23-19(25(18)3)9-10-20(26)30-13-14-5-4-6-15(11-14)21(22)27/h4-8,11-12H,9-10,13H2,1-3H3,(H2,22,27). The van der Waals surface area contributed by atoms with Crippen molar-refractivity contribution in [1.29, 1.82) is 0 Å². The third-order valence-corrected chi connectivity index (χ3v) is 6.70. The van der Waals surface area contributed by atoms with Crippen LogP contribution in [0.3, 0.4) is 0 Å². The molecule has 0 atom stereocenters. The third-order valence-electron chi connectivity index (χ3n) is 4.89. The highest BCUT2D eigenvalue weighted by molar-refractivity contribution is 7.89. The number of sulfonamides is 1. The second-order valence-corrected chi connectivity index (χ2v) is 9.40. The maximum absolute atomic E-state index is 12.3. The molecule has 0 radical (unpaired) electrons. The summed E-state index contributed by atoms with van der Waals surface area (Å²) in [6.07, 6.45) is 0.441. The van der Waals surface area contributed by atoms with Crippen molar-refractivity contribution < 1.29 is 22.7 Å². The van der Waals surface area contributed by atoms with E-state index in [9.17, 15) is 18.0 Å². The lowest BCUT2D eigenvalue weighted by molar-refractivity contribution is -0.144. The van der Waals surface area contributed by atoms with Crippen LogP contribution in [0.1, 0.15) is 28.2 Å². The van der Waals surface area contributed by atoms with Gasteiger partial charge >= 0.3 is 5.97 Å². The quantitative estimate of drug-likeness (QED) is 0.526. The van der Waals surface area contributed by atoms with Crippen LogP contribution in [0.4, 0.5) is 0 Å². The molecule has 0 spiro atoms. The average molecular weight is 445 g/mol. The minimum Gasteiger partial charge on any atom is -0.461 e. The Bertz CT molecular complexity index is 1250. The second kappa shape index (κ2) is 8.86. The fourth-order valence-electron chi connectivity index (χ4n) is 3.09. The number of ether oxygens (including phenoxy) is 1. The Balaban J connectivity index is 1.66. The van der Waals surface area contributed by atoms with E-state index < -0.39 is 21.9 Å². The van der Waals surface area contributed by atoms with E-state index >= 15 is 0 Å². The second-order valence-electron chi connectivity index (χ2n) is 7.25. The molecule has 0 unspecified atom stereocenters. The highest BCUT2D eigenvalue weighted by atomic mass is 32.2. The number of nitrogens with two attached hydrogens (primary N) is 1. The Hall–Kier alpha value is -3.24. The van der Waals surface area contributed by atoms with E-state index in [0.29, 0.717) is 28.9 Å². The zero-order valence-electron chi connectivity index (χ0n) is 17.5. The molecule has 2 N–H and O–H groups in total. The fraction of sp³-hybridized carbons (Fsp3) is 0.286. The first-order chi connectivity index (χ1) is 14.6. The number of hydrogen-bond donors (Lipinski definition) is 1. The largest absolute Gasteiger partial charge is 0.461 e. The molecule has 0 saturated carbocycles. The molecular formula is C21H24N4O5S. The van der Waals surface area contributed by atoms with Crippen LogP contribution in [0.5, 0.6) is 0 Å². The van der Waals surface area contributed by atoms with Crippen molar-refractivity contribution in [2.75, 3.05) is 14.1 Å². The Morgan fingerprint density at radius 2 is 1.90 bits per heavy atom. The predicted molar refractivity (Wildman–Crippen MR) is 115 cm³/mol. The Labute approximate surface area is 180 Å². The van der Waals surface area contributed by atoms with Crippen molar-refractivity contribution in [2.45, 2.75) is 24.3 Å². The number of nitrogens with zero attached hydrogens (tertiary/aromatic N) is 3. The summed E-state index contributed by atoms with van der Waals surface area (Å²) in [5.41, 5.74) is 7.58. The summed E-state index contributed by atoms with van der Waals surface area (Å²) in [5, 5.41) is 0. The Kier molecular flexibility index (Phi) is 6.42. The smallest absolute Gasteiger partial charge is 0.306 e. The van der Waals surface area contributed by atoms with Crippen LogP contribution in [0.2, 0.25) is 0 Å². The molecule has 0 aliphatic heterocycles. The van der Waals surface area contributed by atoms with Gasteiger partial charge in [0.1, 0.15) is 12.4 Å². The van der Waals surface area contributed by atoms with E-state index in [4.69, 9.17) is 10.5 Å². The lowest BCUT2D eigenvalue weighted by Crippen LogP contribution is -2.22. The van der Waals surface area contributed by atoms with E-state index in [-0.39, 0.29) is 17.9 Å². The zero-order valence-corrected chi connectivity index (χ0v) is 18.3. The SMILES string of the molecule is CN(C)S(=O)(=O)c1ccc2c(c1)nc(CCC(=O)OCc1cccc(C(N)=O)c1)n2C. The van der Waals surface area contributed by atoms with Gasteiger partial charge in [-0.25, -0.2) is 17.7 Å². The van der Waals surface area contributed by atoms with Gasteiger partial charge in [0.05, 0.1) is 22.3 Å². The van der Waals surface area contributed by atoms with Crippen LogP contribution in [0, 0.1) is 0 Å². The summed E-state index contributed by atoms with van der Waals surface area (Å²) in [6.45, 7) is 0.0360. The fourth-order valence-corrected chi connectivity index (χ4v) is 4.01. The first kappa shape index (κ1) is 22.4. The maximum Gasteiger partial charge on any atom is 0.306 e. The summed E-state index contributed by atoms with van der Waals surface area (Å²) in [7, 11) is 1.19. The number of aromatic nitrogens is 2. The van der Waals surface area contributed by atoms with Crippen molar-refractivity contribution in [1.82, 2.24) is 13.9 Å². The van der Waals surface area contributed by atoms with E-state index in [1.807, 2.05) is 11.6 Å². The van der Waals surface area contributed by atoms with Crippen LogP contribution in [0.25, 0.3) is 11.0 Å². The van der Waals surface area contributed by atoms with Gasteiger partial charge in [0, 0.05) is 33.1 Å². The van der Waals surface area contributed by atoms with Gasteiger partial charge in [-0.05, 0) is 35.9 Å². The van der Waals surface area contributed by atoms with Gasteiger partial charge in [0.15, 0.2) is 0 Å². The molecule has 164 valence electrons. The lowest BCUT2D eigenvalue weighted by Gasteiger charge is -2.10. The summed E-state index contributed by atoms with van der Waals surface area (Å²) in [4.78, 5) is 28.0. The number of carbonyl (C=O) groups excluding carboxylic acids is 2. The number of esters is 1. The normalized spacial score (nSPS) is 11.7. The molecular weight excluding hydrogens is 420 g/mol. The van der Waals surface area contributed by atoms with E-state index in [1.165, 1.54) is 26.2 Å². The highest BCUT2D eigenvalue weighted by Gasteiger charge is 2.19. The maximum atomic E-state index is 12.3. The summed E-state index contributed by atoms with van der Waals surface area (Å²) in [6, 6.07) is 11.4. The molecule has 10 heteroatoms. The van der Waals surface area contributed by atoms with Gasteiger partial charge in [-0.15, -0.1) is 0 Å². The van der Waals surface area contributed by atoms with Gasteiger partial charge in [0.25, 0.3) is 0 Å². The molecule has 1 heterocycles. The van der Waals surface area contributed by atoms with Crippen LogP contribution < -0.4 is 5.73 Å². The van der Waals surface area contributed by atoms with E-state index in [0.717, 1.165) is 9.82 Å². The number of benzene rings is 2. The van der Waals surface area contributed by atoms with Gasteiger partial charge in [0.2, 0.25) is 15.9 Å². The number of primary amides is 1. The number of rotatable bonds is 8. The number of amides is 1. The van der Waals surface area contributed by atoms with Crippen LogP contribution in [-0.2, 0) is 39.6 Å². The molecule has 0 aliphatic rings. The zero-order chi connectivity index (χ0) is 22.8. The average Bonchev–Trinajstić information content (AvgIpc) is 3.05. The first-order valence-electron chi connectivity index (χ1n) is 9.52. The molecule has 31 heavy (non-hydrogen) atoms. The van der Waals surface area contributed by atoms with Crippen LogP contribution in [-0.4, -0.2) is 48.2 Å². The van der Waals surface area contributed by atoms with Gasteiger partial charge in [-0.2, -0.15) is 0 Å². The Morgan fingerprint density at radius 1 is 1.16 bits per heavy atom. The molecule has 1 aromatic heterocycles. The predicted octanol–water partition coefficient (Wildman–Crippen LogP) is 1.60. The molecule has 3 rings (SSSR count). The number of imidazole rings is 1. The van der Waals surface area contributed by atoms with Crippen molar-refractivity contribution in [2.24, 2.45) is 12.8 Å². The molecule has 3 aromatic rings. The topological polar surface area (TPSA) is 125 Å². The molecule has 2 aromatic carbocycles. The molecule has 0 aliphatic carbocycles. The molecule has 0 bridgehead atoms. The summed E-state index contributed by atoms with van der Waals surface area (Å²) < 4.78 is 32.9. The van der Waals surface area contributed by atoms with Crippen LogP contribution in [0.15, 0.2) is 47.4 Å². The van der Waals surface area contributed by atoms with Crippen molar-refractivity contribution in [3.8, 4) is 0 Å². The molecule has 0 saturated heterocycles. The number of hydrogen-bond acceptors (Lipinski definition) is 6. The number of fused-ring (bicyclic) bond motifs is 1. The van der Waals surface area contributed by atoms with Crippen molar-refractivity contribution in [3.05, 3.63) is 59.4 Å². The van der Waals surface area contributed by atoms with Crippen molar-refractivity contribution in [3.63, 3.8) is 0 Å². The van der Waals surface area contributed by atoms with Crippen LogP contribution >= 0.6 is 0 Å². The Morgan fingerprint density at radius 3 is 2.58 bits per heavy atom. The third kappa shape index (κ3) is 4.92. The summed E-state index contributed by atoms with van der Waals surface area (Å²) >= 11 is 0. The minimum atomic E-state index is -3.56. The first-order valence-corrected chi connectivity index (χ1v) is 11.0. The summed E-state index contributed by atoms with van der Waals surface area (Å²) in [5.74, 6) is -0.314.